The van der Waals surface area contributed by atoms with Gasteiger partial charge in [-0.15, -0.1) is 0 Å². The van der Waals surface area contributed by atoms with Gasteiger partial charge in [0.05, 0.1) is 12.6 Å². The van der Waals surface area contributed by atoms with Gasteiger partial charge in [-0.3, -0.25) is 4.79 Å². The minimum Gasteiger partial charge on any atom is -0.389 e. The van der Waals surface area contributed by atoms with E-state index in [1.807, 2.05) is 24.0 Å². The molecular formula is C13H21N3O2. The first-order valence-electron chi connectivity index (χ1n) is 6.04. The average Bonchev–Trinajstić information content (AvgIpc) is 2.35. The van der Waals surface area contributed by atoms with Crippen LogP contribution in [0.2, 0.25) is 0 Å². The third-order valence-electron chi connectivity index (χ3n) is 2.78. The van der Waals surface area contributed by atoms with Crippen molar-refractivity contribution in [2.24, 2.45) is 0 Å². The first-order valence-corrected chi connectivity index (χ1v) is 6.04. The van der Waals surface area contributed by atoms with Gasteiger partial charge in [-0.2, -0.15) is 0 Å². The molecule has 0 bridgehead atoms. The summed E-state index contributed by atoms with van der Waals surface area (Å²) < 4.78 is 0. The number of nitrogens with zero attached hydrogens (tertiary/aromatic N) is 3. The first kappa shape index (κ1) is 14.4. The summed E-state index contributed by atoms with van der Waals surface area (Å²) in [6, 6.07) is 3.66. The third-order valence-corrected chi connectivity index (χ3v) is 2.78. The number of hydrogen-bond donors (Lipinski definition) is 1. The molecule has 0 saturated carbocycles. The van der Waals surface area contributed by atoms with Crippen LogP contribution in [0.3, 0.4) is 0 Å². The number of hydrogen-bond acceptors (Lipinski definition) is 4. The lowest BCUT2D eigenvalue weighted by atomic mass is 10.2. The molecule has 0 aromatic carbocycles. The van der Waals surface area contributed by atoms with Crippen molar-refractivity contribution in [1.29, 1.82) is 0 Å². The van der Waals surface area contributed by atoms with Crippen LogP contribution in [0, 0.1) is 0 Å². The van der Waals surface area contributed by atoms with Crippen LogP contribution in [0.4, 0.5) is 5.82 Å². The van der Waals surface area contributed by atoms with Gasteiger partial charge in [-0.05, 0) is 25.5 Å². The van der Waals surface area contributed by atoms with E-state index in [0.29, 0.717) is 13.1 Å². The largest absolute Gasteiger partial charge is 0.389 e. The average molecular weight is 251 g/mol. The standard InChI is InChI=1S/C13H21N3O2/c1-5-16(9-13(18)15(3)4)12-7-6-11(8-14-12)10(2)17/h6-8,10,17H,5,9H2,1-4H3/t10-/m0/s1. The Balaban J connectivity index is 2.79. The van der Waals surface area contributed by atoms with Crippen molar-refractivity contribution < 1.29 is 9.90 Å². The Morgan fingerprint density at radius 1 is 1.44 bits per heavy atom. The van der Waals surface area contributed by atoms with E-state index in [4.69, 9.17) is 0 Å². The maximum atomic E-state index is 11.7. The molecule has 0 aliphatic heterocycles. The van der Waals surface area contributed by atoms with Gasteiger partial charge in [0, 0.05) is 26.8 Å². The van der Waals surface area contributed by atoms with Gasteiger partial charge in [-0.1, -0.05) is 6.07 Å². The molecule has 1 rings (SSSR count). The number of rotatable bonds is 5. The molecule has 0 radical (unpaired) electrons. The Bertz CT molecular complexity index is 388. The predicted molar refractivity (Wildman–Crippen MR) is 71.5 cm³/mol. The first-order chi connectivity index (χ1) is 8.45. The van der Waals surface area contributed by atoms with E-state index >= 15 is 0 Å². The fourth-order valence-electron chi connectivity index (χ4n) is 1.49. The van der Waals surface area contributed by atoms with Gasteiger partial charge in [0.1, 0.15) is 5.82 Å². The van der Waals surface area contributed by atoms with E-state index in [1.165, 1.54) is 0 Å². The molecule has 5 nitrogen and oxygen atoms in total. The van der Waals surface area contributed by atoms with E-state index in [9.17, 15) is 9.90 Å². The highest BCUT2D eigenvalue weighted by atomic mass is 16.3. The van der Waals surface area contributed by atoms with Crippen molar-refractivity contribution in [3.63, 3.8) is 0 Å². The second-order valence-electron chi connectivity index (χ2n) is 4.43. The fraction of sp³-hybridized carbons (Fsp3) is 0.538. The number of carbonyl (C=O) groups excluding carboxylic acids is 1. The zero-order valence-corrected chi connectivity index (χ0v) is 11.4. The maximum Gasteiger partial charge on any atom is 0.241 e. The molecule has 1 atom stereocenters. The van der Waals surface area contributed by atoms with Gasteiger partial charge in [0.15, 0.2) is 0 Å². The summed E-state index contributed by atoms with van der Waals surface area (Å²) in [4.78, 5) is 19.4. The highest BCUT2D eigenvalue weighted by molar-refractivity contribution is 5.80. The van der Waals surface area contributed by atoms with Gasteiger partial charge < -0.3 is 14.9 Å². The Kier molecular flexibility index (Phi) is 5.09. The van der Waals surface area contributed by atoms with Crippen LogP contribution in [0.5, 0.6) is 0 Å². The molecule has 0 aliphatic carbocycles. The summed E-state index contributed by atoms with van der Waals surface area (Å²) >= 11 is 0. The zero-order chi connectivity index (χ0) is 13.7. The smallest absolute Gasteiger partial charge is 0.241 e. The van der Waals surface area contributed by atoms with Crippen LogP contribution >= 0.6 is 0 Å². The Morgan fingerprint density at radius 2 is 2.11 bits per heavy atom. The predicted octanol–water partition coefficient (Wildman–Crippen LogP) is 1.05. The van der Waals surface area contributed by atoms with Gasteiger partial charge in [0.2, 0.25) is 5.91 Å². The second kappa shape index (κ2) is 6.35. The van der Waals surface area contributed by atoms with Gasteiger partial charge >= 0.3 is 0 Å². The van der Waals surface area contributed by atoms with E-state index in [1.54, 1.807) is 32.1 Å². The van der Waals surface area contributed by atoms with E-state index in [2.05, 4.69) is 4.98 Å². The third kappa shape index (κ3) is 3.70. The molecule has 1 aromatic heterocycles. The normalized spacial score (nSPS) is 12.1. The number of likely N-dealkylation sites (N-methyl/N-ethyl adjacent to an activating group) is 2. The molecule has 1 amide bonds. The number of carbonyl (C=O) groups is 1. The summed E-state index contributed by atoms with van der Waals surface area (Å²) in [5.74, 6) is 0.787. The number of anilines is 1. The number of aliphatic hydroxyl groups is 1. The minimum atomic E-state index is -0.523. The molecule has 0 saturated heterocycles. The molecule has 0 aliphatic rings. The summed E-state index contributed by atoms with van der Waals surface area (Å²) in [6.45, 7) is 4.70. The monoisotopic (exact) mass is 251 g/mol. The zero-order valence-electron chi connectivity index (χ0n) is 11.4. The van der Waals surface area contributed by atoms with Gasteiger partial charge in [-0.25, -0.2) is 4.98 Å². The molecule has 1 N–H and O–H groups in total. The fourth-order valence-corrected chi connectivity index (χ4v) is 1.49. The SMILES string of the molecule is CCN(CC(=O)N(C)C)c1ccc([C@H](C)O)cn1. The number of amides is 1. The van der Waals surface area contributed by atoms with Crippen LogP contribution in [-0.2, 0) is 4.79 Å². The minimum absolute atomic E-state index is 0.0400. The van der Waals surface area contributed by atoms with Crippen molar-refractivity contribution in [2.45, 2.75) is 20.0 Å². The van der Waals surface area contributed by atoms with E-state index < -0.39 is 6.10 Å². The highest BCUT2D eigenvalue weighted by Gasteiger charge is 2.12. The summed E-state index contributed by atoms with van der Waals surface area (Å²) in [5, 5.41) is 9.41. The molecular weight excluding hydrogens is 230 g/mol. The Morgan fingerprint density at radius 3 is 2.50 bits per heavy atom. The molecule has 100 valence electrons. The molecule has 0 fully saturated rings. The summed E-state index contributed by atoms with van der Waals surface area (Å²) in [5.41, 5.74) is 0.772. The lowest BCUT2D eigenvalue weighted by molar-refractivity contribution is -0.127. The van der Waals surface area contributed by atoms with E-state index in [0.717, 1.165) is 11.4 Å². The molecule has 0 unspecified atom stereocenters. The Labute approximate surface area is 108 Å². The quantitative estimate of drug-likeness (QED) is 0.850. The van der Waals surface area contributed by atoms with Crippen LogP contribution in [0.25, 0.3) is 0 Å². The molecule has 1 aromatic rings. The van der Waals surface area contributed by atoms with Crippen LogP contribution in [0.15, 0.2) is 18.3 Å². The molecule has 18 heavy (non-hydrogen) atoms. The summed E-state index contributed by atoms with van der Waals surface area (Å²) in [7, 11) is 3.47. The summed E-state index contributed by atoms with van der Waals surface area (Å²) in [6.07, 6.45) is 1.12. The lowest BCUT2D eigenvalue weighted by Crippen LogP contribution is -2.37. The number of pyridine rings is 1. The topological polar surface area (TPSA) is 56.7 Å². The van der Waals surface area contributed by atoms with Crippen LogP contribution < -0.4 is 4.90 Å². The lowest BCUT2D eigenvalue weighted by Gasteiger charge is -2.23. The van der Waals surface area contributed by atoms with E-state index in [-0.39, 0.29) is 5.91 Å². The van der Waals surface area contributed by atoms with Crippen molar-refractivity contribution in [3.8, 4) is 0 Å². The van der Waals surface area contributed by atoms with Crippen molar-refractivity contribution in [3.05, 3.63) is 23.9 Å². The number of aromatic nitrogens is 1. The highest BCUT2D eigenvalue weighted by Crippen LogP contribution is 2.15. The van der Waals surface area contributed by atoms with Crippen molar-refractivity contribution in [1.82, 2.24) is 9.88 Å². The second-order valence-corrected chi connectivity index (χ2v) is 4.43. The van der Waals surface area contributed by atoms with Crippen LogP contribution in [-0.4, -0.2) is 48.1 Å². The Hall–Kier alpha value is -1.62. The molecule has 0 spiro atoms. The maximum absolute atomic E-state index is 11.7. The van der Waals surface area contributed by atoms with Crippen molar-refractivity contribution >= 4 is 11.7 Å². The number of aliphatic hydroxyl groups excluding tert-OH is 1. The van der Waals surface area contributed by atoms with Gasteiger partial charge in [0.25, 0.3) is 0 Å². The van der Waals surface area contributed by atoms with Crippen molar-refractivity contribution in [2.75, 3.05) is 32.1 Å². The molecule has 5 heteroatoms. The molecule has 1 heterocycles. The van der Waals surface area contributed by atoms with Crippen LogP contribution in [0.1, 0.15) is 25.5 Å².